The number of esters is 1. The molecule has 2 atom stereocenters. The number of nitrogens with zero attached hydrogens (tertiary/aromatic N) is 7. The molecule has 11 heteroatoms. The Bertz CT molecular complexity index is 1200. The van der Waals surface area contributed by atoms with Crippen LogP contribution in [0.1, 0.15) is 32.0 Å². The van der Waals surface area contributed by atoms with Crippen molar-refractivity contribution in [1.82, 2.24) is 34.4 Å². The average molecular weight is 451 g/mol. The quantitative estimate of drug-likeness (QED) is 0.557. The molecule has 1 aliphatic heterocycles. The smallest absolute Gasteiger partial charge is 0.328 e. The molecule has 0 bridgehead atoms. The molecule has 11 nitrogen and oxygen atoms in total. The fraction of sp³-hybridized carbons (Fsp3) is 0.500. The number of aromatic nitrogens is 6. The van der Waals surface area contributed by atoms with Crippen molar-refractivity contribution >= 4 is 28.9 Å². The predicted octanol–water partition coefficient (Wildman–Crippen LogP) is 1.58. The molecule has 2 fully saturated rings. The maximum Gasteiger partial charge on any atom is 0.328 e. The largest absolute Gasteiger partial charge is 0.467 e. The second kappa shape index (κ2) is 8.38. The fourth-order valence-electron chi connectivity index (χ4n) is 4.37. The Balaban J connectivity index is 1.46. The number of methoxy groups -OCH3 is 1. The minimum atomic E-state index is -0.591. The highest BCUT2D eigenvalue weighted by Crippen LogP contribution is 2.35. The lowest BCUT2D eigenvalue weighted by molar-refractivity contribution is -0.151. The Labute approximate surface area is 190 Å². The van der Waals surface area contributed by atoms with Crippen LogP contribution in [0.2, 0.25) is 0 Å². The van der Waals surface area contributed by atoms with E-state index in [4.69, 9.17) is 9.72 Å². The molecular formula is C22H26N8O3. The van der Waals surface area contributed by atoms with E-state index in [-0.39, 0.29) is 17.9 Å². The number of fused-ring (bicyclic) bond motifs is 1. The maximum absolute atomic E-state index is 12.8. The van der Waals surface area contributed by atoms with Crippen LogP contribution in [0.4, 0.5) is 5.82 Å². The van der Waals surface area contributed by atoms with Gasteiger partial charge in [0.1, 0.15) is 24.0 Å². The molecule has 4 heterocycles. The van der Waals surface area contributed by atoms with Crippen molar-refractivity contribution in [1.29, 1.82) is 0 Å². The number of amides is 1. The summed E-state index contributed by atoms with van der Waals surface area (Å²) in [6.45, 7) is 4.93. The Kier molecular flexibility index (Phi) is 5.39. The van der Waals surface area contributed by atoms with Crippen LogP contribution >= 0.6 is 0 Å². The van der Waals surface area contributed by atoms with Crippen LogP contribution in [0.3, 0.4) is 0 Å². The van der Waals surface area contributed by atoms with E-state index in [0.717, 1.165) is 18.4 Å². The number of rotatable bonds is 6. The number of aryl methyl sites for hydroxylation is 2. The lowest BCUT2D eigenvalue weighted by Crippen LogP contribution is -2.42. The summed E-state index contributed by atoms with van der Waals surface area (Å²) in [4.78, 5) is 49.0. The number of ether oxygens (including phenoxy) is 1. The first-order chi connectivity index (χ1) is 16.0. The second-order valence-electron chi connectivity index (χ2n) is 8.47. The van der Waals surface area contributed by atoms with Crippen molar-refractivity contribution in [2.24, 2.45) is 5.92 Å². The van der Waals surface area contributed by atoms with E-state index in [1.165, 1.54) is 13.4 Å². The average Bonchev–Trinajstić information content (AvgIpc) is 3.48. The van der Waals surface area contributed by atoms with E-state index in [0.29, 0.717) is 48.1 Å². The van der Waals surface area contributed by atoms with Gasteiger partial charge >= 0.3 is 5.97 Å². The van der Waals surface area contributed by atoms with Crippen molar-refractivity contribution < 1.29 is 14.3 Å². The van der Waals surface area contributed by atoms with Crippen LogP contribution in [0, 0.1) is 12.8 Å². The third kappa shape index (κ3) is 3.87. The molecule has 0 spiro atoms. The monoisotopic (exact) mass is 450 g/mol. The van der Waals surface area contributed by atoms with Gasteiger partial charge in [-0.15, -0.1) is 0 Å². The molecule has 0 radical (unpaired) electrons. The van der Waals surface area contributed by atoms with Crippen LogP contribution in [0.5, 0.6) is 0 Å². The van der Waals surface area contributed by atoms with Gasteiger partial charge in [-0.25, -0.2) is 29.7 Å². The number of anilines is 1. The van der Waals surface area contributed by atoms with Gasteiger partial charge in [-0.2, -0.15) is 0 Å². The Hall–Kier alpha value is -3.63. The van der Waals surface area contributed by atoms with Gasteiger partial charge in [0.05, 0.1) is 12.7 Å². The SMILES string of the molecule is CCn1c(-c2cnc(C)nc2)nc2c(NC3CC(C(=O)OC)N(C(=O)C4CC4)C3)ncnc21. The molecule has 2 unspecified atom stereocenters. The van der Waals surface area contributed by atoms with E-state index in [1.54, 1.807) is 17.3 Å². The standard InChI is InChI=1S/C22H26N8O3/c1-4-29-19(14-8-23-12(2)24-9-14)28-17-18(25-11-26-20(17)29)27-15-7-16(22(32)33-3)30(10-15)21(31)13-5-6-13/h8-9,11,13,15-16H,4-7,10H2,1-3H3,(H,25,26,27). The van der Waals surface area contributed by atoms with E-state index >= 15 is 0 Å². The van der Waals surface area contributed by atoms with Gasteiger partial charge < -0.3 is 19.5 Å². The number of likely N-dealkylation sites (tertiary alicyclic amines) is 1. The first-order valence-electron chi connectivity index (χ1n) is 11.1. The zero-order chi connectivity index (χ0) is 23.1. The minimum absolute atomic E-state index is 0.0273. The van der Waals surface area contributed by atoms with E-state index in [1.807, 2.05) is 18.4 Å². The van der Waals surface area contributed by atoms with Gasteiger partial charge in [0.25, 0.3) is 0 Å². The highest BCUT2D eigenvalue weighted by Gasteiger charge is 2.45. The van der Waals surface area contributed by atoms with Crippen LogP contribution in [-0.4, -0.2) is 72.0 Å². The summed E-state index contributed by atoms with van der Waals surface area (Å²) in [6, 6.07) is -0.751. The van der Waals surface area contributed by atoms with Crippen molar-refractivity contribution in [3.8, 4) is 11.4 Å². The molecule has 3 aromatic rings. The van der Waals surface area contributed by atoms with Crippen molar-refractivity contribution in [2.75, 3.05) is 19.0 Å². The molecule has 1 amide bonds. The first-order valence-corrected chi connectivity index (χ1v) is 11.1. The van der Waals surface area contributed by atoms with E-state index in [2.05, 4.69) is 25.3 Å². The van der Waals surface area contributed by atoms with E-state index < -0.39 is 12.0 Å². The number of carbonyl (C=O) groups is 2. The molecule has 2 aliphatic rings. The summed E-state index contributed by atoms with van der Waals surface area (Å²) < 4.78 is 6.95. The third-order valence-electron chi connectivity index (χ3n) is 6.21. The molecule has 1 saturated heterocycles. The molecule has 33 heavy (non-hydrogen) atoms. The Morgan fingerprint density at radius 2 is 1.94 bits per heavy atom. The molecule has 172 valence electrons. The first kappa shape index (κ1) is 21.2. The van der Waals surface area contributed by atoms with Crippen LogP contribution in [0.25, 0.3) is 22.6 Å². The predicted molar refractivity (Wildman–Crippen MR) is 119 cm³/mol. The summed E-state index contributed by atoms with van der Waals surface area (Å²) in [5, 5.41) is 3.40. The number of imidazole rings is 1. The van der Waals surface area contributed by atoms with Crippen LogP contribution in [0.15, 0.2) is 18.7 Å². The van der Waals surface area contributed by atoms with Gasteiger partial charge in [0.2, 0.25) is 5.91 Å². The van der Waals surface area contributed by atoms with Gasteiger partial charge in [-0.05, 0) is 26.7 Å². The summed E-state index contributed by atoms with van der Waals surface area (Å²) in [7, 11) is 1.35. The van der Waals surface area contributed by atoms with E-state index in [9.17, 15) is 9.59 Å². The molecule has 1 aliphatic carbocycles. The van der Waals surface area contributed by atoms with Crippen molar-refractivity contribution in [3.05, 3.63) is 24.5 Å². The molecular weight excluding hydrogens is 424 g/mol. The number of hydrogen-bond donors (Lipinski definition) is 1. The molecule has 1 saturated carbocycles. The molecule has 1 N–H and O–H groups in total. The molecule has 5 rings (SSSR count). The summed E-state index contributed by atoms with van der Waals surface area (Å²) in [6.07, 6.45) is 7.20. The highest BCUT2D eigenvalue weighted by atomic mass is 16.5. The van der Waals surface area contributed by atoms with Crippen LogP contribution in [-0.2, 0) is 20.9 Å². The number of hydrogen-bond acceptors (Lipinski definition) is 9. The van der Waals surface area contributed by atoms with Crippen molar-refractivity contribution in [3.63, 3.8) is 0 Å². The second-order valence-corrected chi connectivity index (χ2v) is 8.47. The lowest BCUT2D eigenvalue weighted by Gasteiger charge is -2.22. The maximum atomic E-state index is 12.8. The summed E-state index contributed by atoms with van der Waals surface area (Å²) >= 11 is 0. The number of carbonyl (C=O) groups excluding carboxylic acids is 2. The molecule has 3 aromatic heterocycles. The Morgan fingerprint density at radius 1 is 1.18 bits per heavy atom. The third-order valence-corrected chi connectivity index (χ3v) is 6.21. The van der Waals surface area contributed by atoms with Gasteiger partial charge in [-0.1, -0.05) is 0 Å². The highest BCUT2D eigenvalue weighted by molar-refractivity contribution is 5.89. The summed E-state index contributed by atoms with van der Waals surface area (Å²) in [5.74, 6) is 1.63. The normalized spacial score (nSPS) is 20.3. The topological polar surface area (TPSA) is 128 Å². The lowest BCUT2D eigenvalue weighted by atomic mass is 10.1. The Morgan fingerprint density at radius 3 is 2.61 bits per heavy atom. The van der Waals surface area contributed by atoms with Gasteiger partial charge in [-0.3, -0.25) is 4.79 Å². The van der Waals surface area contributed by atoms with Gasteiger partial charge in [0, 0.05) is 43.9 Å². The fourth-order valence-corrected chi connectivity index (χ4v) is 4.37. The van der Waals surface area contributed by atoms with Crippen LogP contribution < -0.4 is 5.32 Å². The zero-order valence-electron chi connectivity index (χ0n) is 18.9. The van der Waals surface area contributed by atoms with Crippen molar-refractivity contribution in [2.45, 2.75) is 51.7 Å². The number of nitrogens with one attached hydrogen (secondary N) is 1. The minimum Gasteiger partial charge on any atom is -0.467 e. The summed E-state index contributed by atoms with van der Waals surface area (Å²) in [5.41, 5.74) is 2.11. The zero-order valence-corrected chi connectivity index (χ0v) is 18.9. The molecule has 0 aromatic carbocycles. The van der Waals surface area contributed by atoms with Gasteiger partial charge in [0.15, 0.2) is 17.0 Å².